The summed E-state index contributed by atoms with van der Waals surface area (Å²) in [5.41, 5.74) is 1.14. The van der Waals surface area contributed by atoms with Crippen molar-refractivity contribution in [2.45, 2.75) is 25.8 Å². The molecule has 0 amide bonds. The van der Waals surface area contributed by atoms with Gasteiger partial charge in [0.2, 0.25) is 0 Å². The Morgan fingerprint density at radius 3 is 3.38 bits per heavy atom. The molecule has 1 aromatic rings. The van der Waals surface area contributed by atoms with Crippen LogP contribution in [-0.2, 0) is 0 Å². The summed E-state index contributed by atoms with van der Waals surface area (Å²) < 4.78 is 5.33. The van der Waals surface area contributed by atoms with Gasteiger partial charge in [0.05, 0.1) is 18.3 Å². The van der Waals surface area contributed by atoms with Gasteiger partial charge in [0.1, 0.15) is 0 Å². The average Bonchev–Trinajstić information content (AvgIpc) is 2.70. The first kappa shape index (κ1) is 8.97. The number of rotatable bonds is 3. The third-order valence-corrected chi connectivity index (χ3v) is 2.96. The molecule has 0 bridgehead atoms. The van der Waals surface area contributed by atoms with E-state index in [1.165, 1.54) is 12.8 Å². The maximum Gasteiger partial charge on any atom is 0.273 e. The predicted octanol–water partition coefficient (Wildman–Crippen LogP) is 1.97. The molecular weight excluding hydrogens is 184 g/mol. The van der Waals surface area contributed by atoms with Gasteiger partial charge in [0, 0.05) is 5.38 Å². The van der Waals surface area contributed by atoms with E-state index in [-0.39, 0.29) is 0 Å². The smallest absolute Gasteiger partial charge is 0.273 e. The Hall–Kier alpha value is -0.610. The van der Waals surface area contributed by atoms with Gasteiger partial charge in [-0.2, -0.15) is 0 Å². The fourth-order valence-corrected chi connectivity index (χ4v) is 2.34. The quantitative estimate of drug-likeness (QED) is 0.806. The van der Waals surface area contributed by atoms with Crippen molar-refractivity contribution in [2.75, 3.05) is 13.2 Å². The molecule has 1 atom stereocenters. The van der Waals surface area contributed by atoms with Crippen LogP contribution in [0, 0.1) is 0 Å². The van der Waals surface area contributed by atoms with E-state index in [1.54, 1.807) is 11.3 Å². The molecule has 4 heteroatoms. The van der Waals surface area contributed by atoms with Gasteiger partial charge in [-0.15, -0.1) is 0 Å². The zero-order valence-corrected chi connectivity index (χ0v) is 8.56. The van der Waals surface area contributed by atoms with Crippen LogP contribution in [0.15, 0.2) is 5.38 Å². The topological polar surface area (TPSA) is 34.1 Å². The molecule has 3 nitrogen and oxygen atoms in total. The van der Waals surface area contributed by atoms with Crippen LogP contribution in [-0.4, -0.2) is 18.1 Å². The van der Waals surface area contributed by atoms with Crippen LogP contribution >= 0.6 is 11.3 Å². The summed E-state index contributed by atoms with van der Waals surface area (Å²) in [6.45, 7) is 3.80. The average molecular weight is 198 g/mol. The maximum atomic E-state index is 5.33. The van der Waals surface area contributed by atoms with Crippen LogP contribution in [0.3, 0.4) is 0 Å². The molecule has 0 aromatic carbocycles. The molecule has 1 aliphatic heterocycles. The molecule has 0 unspecified atom stereocenters. The van der Waals surface area contributed by atoms with Gasteiger partial charge in [0.25, 0.3) is 5.19 Å². The Kier molecular flexibility index (Phi) is 2.80. The fraction of sp³-hybridized carbons (Fsp3) is 0.667. The van der Waals surface area contributed by atoms with E-state index in [1.807, 2.05) is 6.92 Å². The number of hydrogen-bond acceptors (Lipinski definition) is 4. The summed E-state index contributed by atoms with van der Waals surface area (Å²) in [7, 11) is 0. The highest BCUT2D eigenvalue weighted by Gasteiger charge is 2.18. The highest BCUT2D eigenvalue weighted by atomic mass is 32.1. The van der Waals surface area contributed by atoms with E-state index < -0.39 is 0 Å². The molecule has 2 rings (SSSR count). The molecule has 1 fully saturated rings. The Morgan fingerprint density at radius 1 is 1.77 bits per heavy atom. The number of nitrogens with one attached hydrogen (secondary N) is 1. The third kappa shape index (κ3) is 2.00. The lowest BCUT2D eigenvalue weighted by atomic mass is 10.2. The second-order valence-electron chi connectivity index (χ2n) is 3.12. The summed E-state index contributed by atoms with van der Waals surface area (Å²) in [5, 5.41) is 6.31. The van der Waals surface area contributed by atoms with Crippen molar-refractivity contribution in [3.63, 3.8) is 0 Å². The van der Waals surface area contributed by atoms with Gasteiger partial charge in [0.15, 0.2) is 0 Å². The van der Waals surface area contributed by atoms with E-state index in [2.05, 4.69) is 15.7 Å². The summed E-state index contributed by atoms with van der Waals surface area (Å²) >= 11 is 1.59. The second-order valence-corrected chi connectivity index (χ2v) is 3.94. The summed E-state index contributed by atoms with van der Waals surface area (Å²) in [4.78, 5) is 4.42. The highest BCUT2D eigenvalue weighted by Crippen LogP contribution is 2.27. The summed E-state index contributed by atoms with van der Waals surface area (Å²) in [6, 6.07) is 0.463. The van der Waals surface area contributed by atoms with Gasteiger partial charge in [-0.25, -0.2) is 4.98 Å². The number of nitrogens with zero attached hydrogens (tertiary/aromatic N) is 1. The van der Waals surface area contributed by atoms with Crippen molar-refractivity contribution in [1.82, 2.24) is 10.3 Å². The first-order chi connectivity index (χ1) is 6.40. The standard InChI is InChI=1S/C9H14N2OS/c1-2-12-9-11-8(6-13-9)7-4-3-5-10-7/h6-7,10H,2-5H2,1H3/t7-/m0/s1. The van der Waals surface area contributed by atoms with Gasteiger partial charge in [-0.05, 0) is 26.3 Å². The Bertz CT molecular complexity index is 268. The zero-order valence-electron chi connectivity index (χ0n) is 7.75. The molecule has 1 aromatic heterocycles. The van der Waals surface area contributed by atoms with Crippen molar-refractivity contribution in [3.8, 4) is 5.19 Å². The van der Waals surface area contributed by atoms with E-state index in [4.69, 9.17) is 4.74 Å². The fourth-order valence-electron chi connectivity index (χ4n) is 1.56. The van der Waals surface area contributed by atoms with Crippen molar-refractivity contribution in [1.29, 1.82) is 0 Å². The van der Waals surface area contributed by atoms with Gasteiger partial charge in [-0.3, -0.25) is 0 Å². The first-order valence-electron chi connectivity index (χ1n) is 4.71. The number of aromatic nitrogens is 1. The van der Waals surface area contributed by atoms with Gasteiger partial charge < -0.3 is 10.1 Å². The molecule has 1 aliphatic rings. The Morgan fingerprint density at radius 2 is 2.69 bits per heavy atom. The monoisotopic (exact) mass is 198 g/mol. The van der Waals surface area contributed by atoms with E-state index >= 15 is 0 Å². The second kappa shape index (κ2) is 4.07. The van der Waals surface area contributed by atoms with Gasteiger partial charge in [-0.1, -0.05) is 11.3 Å². The van der Waals surface area contributed by atoms with Crippen LogP contribution in [0.2, 0.25) is 0 Å². The Labute approximate surface area is 82.1 Å². The van der Waals surface area contributed by atoms with Gasteiger partial charge >= 0.3 is 0 Å². The molecule has 0 radical (unpaired) electrons. The number of ether oxygens (including phenoxy) is 1. The molecule has 1 saturated heterocycles. The van der Waals surface area contributed by atoms with Crippen molar-refractivity contribution < 1.29 is 4.74 Å². The minimum absolute atomic E-state index is 0.463. The SMILES string of the molecule is CCOc1nc([C@@H]2CCCN2)cs1. The summed E-state index contributed by atoms with van der Waals surface area (Å²) in [6.07, 6.45) is 2.46. The van der Waals surface area contributed by atoms with E-state index in [9.17, 15) is 0 Å². The lowest BCUT2D eigenvalue weighted by molar-refractivity contribution is 0.336. The predicted molar refractivity (Wildman–Crippen MR) is 53.3 cm³/mol. The van der Waals surface area contributed by atoms with Crippen LogP contribution < -0.4 is 10.1 Å². The molecule has 0 saturated carbocycles. The normalized spacial score (nSPS) is 22.1. The van der Waals surface area contributed by atoms with Crippen molar-refractivity contribution in [2.24, 2.45) is 0 Å². The lowest BCUT2D eigenvalue weighted by Gasteiger charge is -2.04. The zero-order chi connectivity index (χ0) is 9.10. The largest absolute Gasteiger partial charge is 0.470 e. The lowest BCUT2D eigenvalue weighted by Crippen LogP contribution is -2.12. The molecule has 1 N–H and O–H groups in total. The molecule has 0 spiro atoms. The molecular formula is C9H14N2OS. The van der Waals surface area contributed by atoms with Crippen LogP contribution in [0.25, 0.3) is 0 Å². The number of hydrogen-bond donors (Lipinski definition) is 1. The molecule has 0 aliphatic carbocycles. The molecule has 2 heterocycles. The molecule has 13 heavy (non-hydrogen) atoms. The van der Waals surface area contributed by atoms with Crippen molar-refractivity contribution >= 4 is 11.3 Å². The minimum Gasteiger partial charge on any atom is -0.470 e. The van der Waals surface area contributed by atoms with Crippen LogP contribution in [0.5, 0.6) is 5.19 Å². The highest BCUT2D eigenvalue weighted by molar-refractivity contribution is 7.11. The van der Waals surface area contributed by atoms with Crippen LogP contribution in [0.1, 0.15) is 31.5 Å². The van der Waals surface area contributed by atoms with Crippen LogP contribution in [0.4, 0.5) is 0 Å². The van der Waals surface area contributed by atoms with E-state index in [0.29, 0.717) is 12.6 Å². The summed E-state index contributed by atoms with van der Waals surface area (Å²) in [5.74, 6) is 0. The maximum absolute atomic E-state index is 5.33. The van der Waals surface area contributed by atoms with Crippen molar-refractivity contribution in [3.05, 3.63) is 11.1 Å². The first-order valence-corrected chi connectivity index (χ1v) is 5.59. The van der Waals surface area contributed by atoms with E-state index in [0.717, 1.165) is 17.4 Å². The third-order valence-electron chi connectivity index (χ3n) is 2.19. The molecule has 72 valence electrons. The number of thiazole rings is 1. The Balaban J connectivity index is 2.03. The minimum atomic E-state index is 0.463.